The Balaban J connectivity index is 2.04. The van der Waals surface area contributed by atoms with Crippen molar-refractivity contribution >= 4 is 51.6 Å². The quantitative estimate of drug-likeness (QED) is 0.491. The van der Waals surface area contributed by atoms with Crippen LogP contribution < -0.4 is 25.8 Å². The van der Waals surface area contributed by atoms with E-state index in [1.54, 1.807) is 31.4 Å². The SMILES string of the molecule is COc1ccc(C=CC(=O)NC(=S)Nc2sc(C)c(C)c2C(N)=O)cc1OC. The molecule has 1 heterocycles. The third-order valence-electron chi connectivity index (χ3n) is 3.93. The monoisotopic (exact) mass is 419 g/mol. The molecule has 9 heteroatoms. The number of ether oxygens (including phenoxy) is 2. The second-order valence-corrected chi connectivity index (χ2v) is 7.38. The van der Waals surface area contributed by atoms with Gasteiger partial charge in [0.1, 0.15) is 5.00 Å². The number of amides is 2. The molecule has 0 saturated heterocycles. The van der Waals surface area contributed by atoms with E-state index in [1.165, 1.54) is 24.5 Å². The first-order valence-corrected chi connectivity index (χ1v) is 9.41. The van der Waals surface area contributed by atoms with Crippen LogP contribution in [0.25, 0.3) is 6.08 Å². The number of methoxy groups -OCH3 is 2. The molecule has 0 saturated carbocycles. The van der Waals surface area contributed by atoms with Gasteiger partial charge in [0.25, 0.3) is 5.91 Å². The number of carbonyl (C=O) groups excluding carboxylic acids is 2. The van der Waals surface area contributed by atoms with E-state index in [-0.39, 0.29) is 5.11 Å². The molecule has 2 rings (SSSR count). The van der Waals surface area contributed by atoms with E-state index in [0.717, 1.165) is 16.0 Å². The molecule has 0 aliphatic rings. The maximum atomic E-state index is 12.1. The number of aryl methyl sites for hydroxylation is 1. The van der Waals surface area contributed by atoms with Gasteiger partial charge in [-0.25, -0.2) is 0 Å². The Hall–Kier alpha value is -2.91. The van der Waals surface area contributed by atoms with Crippen LogP contribution in [0.2, 0.25) is 0 Å². The number of rotatable bonds is 6. The fraction of sp³-hybridized carbons (Fsp3) is 0.211. The van der Waals surface area contributed by atoms with Crippen LogP contribution in [0.4, 0.5) is 5.00 Å². The Morgan fingerprint density at radius 1 is 1.18 bits per heavy atom. The smallest absolute Gasteiger partial charge is 0.251 e. The lowest BCUT2D eigenvalue weighted by molar-refractivity contribution is -0.115. The lowest BCUT2D eigenvalue weighted by atomic mass is 10.1. The highest BCUT2D eigenvalue weighted by atomic mass is 32.1. The highest BCUT2D eigenvalue weighted by Crippen LogP contribution is 2.32. The molecule has 4 N–H and O–H groups in total. The molecule has 0 bridgehead atoms. The molecule has 1 aromatic heterocycles. The minimum Gasteiger partial charge on any atom is -0.493 e. The standard InChI is InChI=1S/C19H21N3O4S2/c1-10-11(2)28-18(16(10)17(20)24)22-19(27)21-15(23)8-6-12-5-7-13(25-3)14(9-12)26-4/h5-9H,1-4H3,(H2,20,24)(H2,21,22,23,27). The summed E-state index contributed by atoms with van der Waals surface area (Å²) in [7, 11) is 3.09. The number of benzene rings is 1. The van der Waals surface area contributed by atoms with Gasteiger partial charge in [-0.05, 0) is 55.4 Å². The zero-order chi connectivity index (χ0) is 20.8. The third kappa shape index (κ3) is 5.08. The summed E-state index contributed by atoms with van der Waals surface area (Å²) in [6, 6.07) is 5.28. The second kappa shape index (κ2) is 9.34. The van der Waals surface area contributed by atoms with Gasteiger partial charge in [0.2, 0.25) is 5.91 Å². The van der Waals surface area contributed by atoms with E-state index in [9.17, 15) is 9.59 Å². The molecule has 2 aromatic rings. The highest BCUT2D eigenvalue weighted by Gasteiger charge is 2.18. The van der Waals surface area contributed by atoms with Gasteiger partial charge in [-0.15, -0.1) is 11.3 Å². The number of carbonyl (C=O) groups is 2. The molecular weight excluding hydrogens is 398 g/mol. The van der Waals surface area contributed by atoms with Gasteiger partial charge >= 0.3 is 0 Å². The zero-order valence-corrected chi connectivity index (χ0v) is 17.5. The van der Waals surface area contributed by atoms with Crippen molar-refractivity contribution in [1.82, 2.24) is 5.32 Å². The fourth-order valence-electron chi connectivity index (χ4n) is 2.43. The lowest BCUT2D eigenvalue weighted by Crippen LogP contribution is -2.33. The summed E-state index contributed by atoms with van der Waals surface area (Å²) in [5.74, 6) is 0.190. The summed E-state index contributed by atoms with van der Waals surface area (Å²) in [5, 5.41) is 5.99. The number of hydrogen-bond acceptors (Lipinski definition) is 6. The average Bonchev–Trinajstić information content (AvgIpc) is 2.92. The van der Waals surface area contributed by atoms with Crippen molar-refractivity contribution in [3.63, 3.8) is 0 Å². The first kappa shape index (κ1) is 21.4. The van der Waals surface area contributed by atoms with Crippen molar-refractivity contribution in [2.75, 3.05) is 19.5 Å². The first-order chi connectivity index (χ1) is 13.3. The lowest BCUT2D eigenvalue weighted by Gasteiger charge is -2.08. The average molecular weight is 420 g/mol. The molecule has 1 aromatic carbocycles. The molecule has 0 fully saturated rings. The van der Waals surface area contributed by atoms with Crippen LogP contribution in [0.1, 0.15) is 26.4 Å². The van der Waals surface area contributed by atoms with Crippen LogP contribution in [-0.2, 0) is 4.79 Å². The Labute approximate surface area is 172 Å². The van der Waals surface area contributed by atoms with Crippen LogP contribution in [-0.4, -0.2) is 31.1 Å². The third-order valence-corrected chi connectivity index (χ3v) is 5.26. The molecule has 0 radical (unpaired) electrons. The van der Waals surface area contributed by atoms with E-state index in [4.69, 9.17) is 27.4 Å². The van der Waals surface area contributed by atoms with E-state index in [1.807, 2.05) is 13.8 Å². The summed E-state index contributed by atoms with van der Waals surface area (Å²) in [6.45, 7) is 3.69. The van der Waals surface area contributed by atoms with Gasteiger partial charge < -0.3 is 20.5 Å². The summed E-state index contributed by atoms with van der Waals surface area (Å²) in [4.78, 5) is 24.7. The van der Waals surface area contributed by atoms with Crippen molar-refractivity contribution < 1.29 is 19.1 Å². The van der Waals surface area contributed by atoms with Gasteiger partial charge in [-0.1, -0.05) is 6.07 Å². The van der Waals surface area contributed by atoms with Gasteiger partial charge in [-0.2, -0.15) is 0 Å². The molecule has 0 atom stereocenters. The number of thiocarbonyl (C=S) groups is 1. The van der Waals surface area contributed by atoms with Gasteiger partial charge in [0.15, 0.2) is 16.6 Å². The van der Waals surface area contributed by atoms with Crippen molar-refractivity contribution in [2.45, 2.75) is 13.8 Å². The van der Waals surface area contributed by atoms with Gasteiger partial charge in [0.05, 0.1) is 19.8 Å². The molecule has 0 aliphatic heterocycles. The number of nitrogens with one attached hydrogen (secondary N) is 2. The van der Waals surface area contributed by atoms with Crippen LogP contribution >= 0.6 is 23.6 Å². The number of hydrogen-bond donors (Lipinski definition) is 3. The molecule has 0 spiro atoms. The Morgan fingerprint density at radius 3 is 2.46 bits per heavy atom. The van der Waals surface area contributed by atoms with Gasteiger partial charge in [-0.3, -0.25) is 14.9 Å². The summed E-state index contributed by atoms with van der Waals surface area (Å²) in [6.07, 6.45) is 2.96. The Bertz CT molecular complexity index is 951. The largest absolute Gasteiger partial charge is 0.493 e. The molecule has 28 heavy (non-hydrogen) atoms. The summed E-state index contributed by atoms with van der Waals surface area (Å²) < 4.78 is 10.4. The number of anilines is 1. The van der Waals surface area contributed by atoms with E-state index in [2.05, 4.69) is 10.6 Å². The number of nitrogens with two attached hydrogens (primary N) is 1. The molecule has 2 amide bonds. The van der Waals surface area contributed by atoms with E-state index in [0.29, 0.717) is 22.1 Å². The first-order valence-electron chi connectivity index (χ1n) is 8.18. The van der Waals surface area contributed by atoms with E-state index >= 15 is 0 Å². The summed E-state index contributed by atoms with van der Waals surface area (Å²) in [5.41, 5.74) is 7.35. The van der Waals surface area contributed by atoms with Crippen LogP contribution in [0.5, 0.6) is 11.5 Å². The topological polar surface area (TPSA) is 103 Å². The van der Waals surface area contributed by atoms with Crippen molar-refractivity contribution in [1.29, 1.82) is 0 Å². The summed E-state index contributed by atoms with van der Waals surface area (Å²) >= 11 is 6.50. The minimum atomic E-state index is -0.549. The van der Waals surface area contributed by atoms with Crippen LogP contribution in [0.15, 0.2) is 24.3 Å². The Morgan fingerprint density at radius 2 is 1.86 bits per heavy atom. The molecule has 7 nitrogen and oxygen atoms in total. The fourth-order valence-corrected chi connectivity index (χ4v) is 3.77. The van der Waals surface area contributed by atoms with Gasteiger partial charge in [0, 0.05) is 11.0 Å². The normalized spacial score (nSPS) is 10.6. The minimum absolute atomic E-state index is 0.0747. The van der Waals surface area contributed by atoms with Crippen LogP contribution in [0.3, 0.4) is 0 Å². The number of primary amides is 1. The molecule has 0 aliphatic carbocycles. The zero-order valence-electron chi connectivity index (χ0n) is 15.9. The Kier molecular flexibility index (Phi) is 7.13. The number of thiophene rings is 1. The van der Waals surface area contributed by atoms with Crippen LogP contribution in [0, 0.1) is 13.8 Å². The second-order valence-electron chi connectivity index (χ2n) is 5.74. The van der Waals surface area contributed by atoms with Crippen molar-refractivity contribution in [3.05, 3.63) is 45.8 Å². The molecule has 148 valence electrons. The molecule has 0 unspecified atom stereocenters. The highest BCUT2D eigenvalue weighted by molar-refractivity contribution is 7.80. The van der Waals surface area contributed by atoms with Crippen molar-refractivity contribution in [3.8, 4) is 11.5 Å². The van der Waals surface area contributed by atoms with E-state index < -0.39 is 11.8 Å². The predicted molar refractivity (Wildman–Crippen MR) is 115 cm³/mol. The molecular formula is C19H21N3O4S2. The maximum Gasteiger partial charge on any atom is 0.251 e. The van der Waals surface area contributed by atoms with Crippen molar-refractivity contribution in [2.24, 2.45) is 5.73 Å². The maximum absolute atomic E-state index is 12.1. The predicted octanol–water partition coefficient (Wildman–Crippen LogP) is 3.01.